The van der Waals surface area contributed by atoms with E-state index >= 15 is 0 Å². The Morgan fingerprint density at radius 2 is 1.80 bits per heavy atom. The number of hydrazone groups is 1. The van der Waals surface area contributed by atoms with Crippen LogP contribution in [0.1, 0.15) is 11.1 Å². The fourth-order valence-electron chi connectivity index (χ4n) is 1.67. The topological polar surface area (TPSA) is 24.8 Å². The quantitative estimate of drug-likeness (QED) is 0.616. The molecule has 2 aromatic rings. The van der Waals surface area contributed by atoms with Gasteiger partial charge in [-0.05, 0) is 18.2 Å². The number of halogens is 1. The summed E-state index contributed by atoms with van der Waals surface area (Å²) < 4.78 is 19.2. The molecule has 0 atom stereocenters. The Bertz CT molecular complexity index is 597. The first kappa shape index (κ1) is 14.1. The normalized spacial score (nSPS) is 10.8. The van der Waals surface area contributed by atoms with Gasteiger partial charge >= 0.3 is 0 Å². The standard InChI is InChI=1S/C16H17FN2O/c1-19(2)18-11-13-7-4-6-10-16(13)20-12-14-8-3-5-9-15(14)17/h3-11H,12H2,1-2H3/b18-11+. The number of benzene rings is 2. The predicted octanol–water partition coefficient (Wildman–Crippen LogP) is 3.30. The number of nitrogens with zero attached hydrogens (tertiary/aromatic N) is 2. The maximum absolute atomic E-state index is 13.5. The third-order valence-corrected chi connectivity index (χ3v) is 2.69. The first-order chi connectivity index (χ1) is 9.66. The van der Waals surface area contributed by atoms with Crippen LogP contribution >= 0.6 is 0 Å². The van der Waals surface area contributed by atoms with E-state index < -0.39 is 0 Å². The van der Waals surface area contributed by atoms with Gasteiger partial charge in [0.25, 0.3) is 0 Å². The third-order valence-electron chi connectivity index (χ3n) is 2.69. The molecule has 0 N–H and O–H groups in total. The van der Waals surface area contributed by atoms with Crippen molar-refractivity contribution in [1.82, 2.24) is 5.01 Å². The van der Waals surface area contributed by atoms with Gasteiger partial charge in [-0.15, -0.1) is 0 Å². The van der Waals surface area contributed by atoms with Crippen LogP contribution in [0.4, 0.5) is 4.39 Å². The highest BCUT2D eigenvalue weighted by Gasteiger charge is 2.04. The second kappa shape index (κ2) is 6.70. The average Bonchev–Trinajstić information content (AvgIpc) is 2.45. The zero-order valence-corrected chi connectivity index (χ0v) is 11.6. The molecular weight excluding hydrogens is 255 g/mol. The van der Waals surface area contributed by atoms with Gasteiger partial charge in [0, 0.05) is 25.2 Å². The monoisotopic (exact) mass is 272 g/mol. The van der Waals surface area contributed by atoms with Gasteiger partial charge in [0.15, 0.2) is 0 Å². The van der Waals surface area contributed by atoms with E-state index in [4.69, 9.17) is 4.74 Å². The maximum Gasteiger partial charge on any atom is 0.129 e. The van der Waals surface area contributed by atoms with Gasteiger partial charge in [0.1, 0.15) is 18.2 Å². The Kier molecular flexibility index (Phi) is 4.71. The van der Waals surface area contributed by atoms with Crippen molar-refractivity contribution in [3.8, 4) is 5.75 Å². The molecule has 0 saturated carbocycles. The molecule has 0 saturated heterocycles. The molecule has 0 radical (unpaired) electrons. The minimum absolute atomic E-state index is 0.194. The zero-order valence-electron chi connectivity index (χ0n) is 11.6. The van der Waals surface area contributed by atoms with Crippen LogP contribution in [-0.4, -0.2) is 25.3 Å². The summed E-state index contributed by atoms with van der Waals surface area (Å²) in [5.74, 6) is 0.424. The summed E-state index contributed by atoms with van der Waals surface area (Å²) in [5.41, 5.74) is 1.39. The molecule has 0 aliphatic rings. The summed E-state index contributed by atoms with van der Waals surface area (Å²) in [5, 5.41) is 5.88. The predicted molar refractivity (Wildman–Crippen MR) is 78.5 cm³/mol. The van der Waals surface area contributed by atoms with Gasteiger partial charge < -0.3 is 9.75 Å². The van der Waals surface area contributed by atoms with Gasteiger partial charge in [-0.2, -0.15) is 5.10 Å². The summed E-state index contributed by atoms with van der Waals surface area (Å²) >= 11 is 0. The number of hydrogen-bond acceptors (Lipinski definition) is 3. The first-order valence-electron chi connectivity index (χ1n) is 6.33. The first-order valence-corrected chi connectivity index (χ1v) is 6.33. The largest absolute Gasteiger partial charge is 0.488 e. The van der Waals surface area contributed by atoms with Crippen LogP contribution in [0.5, 0.6) is 5.75 Å². The Labute approximate surface area is 118 Å². The van der Waals surface area contributed by atoms with Crippen LogP contribution in [-0.2, 0) is 6.61 Å². The van der Waals surface area contributed by atoms with Crippen LogP contribution < -0.4 is 4.74 Å². The van der Waals surface area contributed by atoms with E-state index in [1.165, 1.54) is 6.07 Å². The van der Waals surface area contributed by atoms with Gasteiger partial charge in [-0.25, -0.2) is 4.39 Å². The van der Waals surface area contributed by atoms with E-state index in [9.17, 15) is 4.39 Å². The van der Waals surface area contributed by atoms with Crippen LogP contribution in [0.25, 0.3) is 0 Å². The summed E-state index contributed by atoms with van der Waals surface area (Å²) in [6.07, 6.45) is 1.72. The third kappa shape index (κ3) is 3.82. The van der Waals surface area contributed by atoms with Gasteiger partial charge in [0.05, 0.1) is 6.21 Å². The lowest BCUT2D eigenvalue weighted by Gasteiger charge is -2.10. The highest BCUT2D eigenvalue weighted by atomic mass is 19.1. The van der Waals surface area contributed by atoms with Gasteiger partial charge in [-0.1, -0.05) is 30.3 Å². The van der Waals surface area contributed by atoms with Crippen molar-refractivity contribution in [1.29, 1.82) is 0 Å². The van der Waals surface area contributed by atoms with Crippen molar-refractivity contribution in [3.63, 3.8) is 0 Å². The zero-order chi connectivity index (χ0) is 14.4. The molecule has 2 rings (SSSR count). The Morgan fingerprint density at radius 1 is 1.10 bits per heavy atom. The second-order valence-electron chi connectivity index (χ2n) is 4.51. The molecule has 104 valence electrons. The summed E-state index contributed by atoms with van der Waals surface area (Å²) in [6, 6.07) is 14.1. The van der Waals surface area contributed by atoms with Crippen LogP contribution in [0.3, 0.4) is 0 Å². The van der Waals surface area contributed by atoms with E-state index in [1.54, 1.807) is 29.4 Å². The Hall–Kier alpha value is -2.36. The maximum atomic E-state index is 13.5. The molecule has 0 fully saturated rings. The smallest absolute Gasteiger partial charge is 0.129 e. The molecule has 0 heterocycles. The number of ether oxygens (including phenoxy) is 1. The van der Waals surface area contributed by atoms with Crippen molar-refractivity contribution < 1.29 is 9.13 Å². The number of para-hydroxylation sites is 1. The van der Waals surface area contributed by atoms with E-state index in [-0.39, 0.29) is 12.4 Å². The molecular formula is C16H17FN2O. The lowest BCUT2D eigenvalue weighted by atomic mass is 10.2. The van der Waals surface area contributed by atoms with Gasteiger partial charge in [-0.3, -0.25) is 0 Å². The second-order valence-corrected chi connectivity index (χ2v) is 4.51. The summed E-state index contributed by atoms with van der Waals surface area (Å²) in [7, 11) is 3.69. The molecule has 0 bridgehead atoms. The summed E-state index contributed by atoms with van der Waals surface area (Å²) in [6.45, 7) is 0.194. The van der Waals surface area contributed by atoms with E-state index in [0.717, 1.165) is 5.56 Å². The molecule has 4 heteroatoms. The molecule has 3 nitrogen and oxygen atoms in total. The Balaban J connectivity index is 2.12. The SMILES string of the molecule is CN(C)/N=C/c1ccccc1OCc1ccccc1F. The molecule has 0 aliphatic carbocycles. The molecule has 0 aromatic heterocycles. The van der Waals surface area contributed by atoms with Crippen molar-refractivity contribution in [3.05, 3.63) is 65.5 Å². The molecule has 0 aliphatic heterocycles. The molecule has 2 aromatic carbocycles. The van der Waals surface area contributed by atoms with Crippen molar-refractivity contribution >= 4 is 6.21 Å². The lowest BCUT2D eigenvalue weighted by molar-refractivity contribution is 0.299. The van der Waals surface area contributed by atoms with E-state index in [0.29, 0.717) is 11.3 Å². The minimum atomic E-state index is -0.257. The van der Waals surface area contributed by atoms with Crippen molar-refractivity contribution in [2.75, 3.05) is 14.1 Å². The number of hydrogen-bond donors (Lipinski definition) is 0. The van der Waals surface area contributed by atoms with Gasteiger partial charge in [0.2, 0.25) is 0 Å². The molecule has 0 amide bonds. The molecule has 0 unspecified atom stereocenters. The van der Waals surface area contributed by atoms with E-state index in [2.05, 4.69) is 5.10 Å². The minimum Gasteiger partial charge on any atom is -0.488 e. The lowest BCUT2D eigenvalue weighted by Crippen LogP contribution is -2.04. The Morgan fingerprint density at radius 3 is 2.55 bits per heavy atom. The summed E-state index contributed by atoms with van der Waals surface area (Å²) in [4.78, 5) is 0. The number of rotatable bonds is 5. The van der Waals surface area contributed by atoms with Crippen molar-refractivity contribution in [2.45, 2.75) is 6.61 Å². The highest BCUT2D eigenvalue weighted by Crippen LogP contribution is 2.18. The fourth-order valence-corrected chi connectivity index (χ4v) is 1.67. The average molecular weight is 272 g/mol. The van der Waals surface area contributed by atoms with Crippen molar-refractivity contribution in [2.24, 2.45) is 5.10 Å². The van der Waals surface area contributed by atoms with Crippen LogP contribution in [0, 0.1) is 5.82 Å². The van der Waals surface area contributed by atoms with E-state index in [1.807, 2.05) is 38.4 Å². The highest BCUT2D eigenvalue weighted by molar-refractivity contribution is 5.83. The van der Waals surface area contributed by atoms with Crippen LogP contribution in [0.15, 0.2) is 53.6 Å². The molecule has 0 spiro atoms. The fraction of sp³-hybridized carbons (Fsp3) is 0.188. The van der Waals surface area contributed by atoms with Crippen LogP contribution in [0.2, 0.25) is 0 Å². The molecule has 20 heavy (non-hydrogen) atoms.